The van der Waals surface area contributed by atoms with E-state index in [0.29, 0.717) is 37.0 Å². The van der Waals surface area contributed by atoms with Crippen molar-refractivity contribution < 1.29 is 33.1 Å². The molecule has 0 spiro atoms. The van der Waals surface area contributed by atoms with Gasteiger partial charge < -0.3 is 0 Å². The molecule has 0 aliphatic rings. The Kier molecular flexibility index (Phi) is 29.9. The summed E-state index contributed by atoms with van der Waals surface area (Å²) in [6, 6.07) is 0. The molecule has 0 aliphatic carbocycles. The van der Waals surface area contributed by atoms with Crippen LogP contribution in [0, 0.1) is 35.5 Å². The fraction of sp³-hybridized carbons (Fsp3) is 0.895. The summed E-state index contributed by atoms with van der Waals surface area (Å²) in [5.74, 6) is -1.53. The number of carbonyl (C=O) groups excluding carboxylic acids is 4. The Labute approximate surface area is 327 Å². The maximum atomic E-state index is 13.8. The number of carbonyl (C=O) groups is 4. The molecule has 294 valence electrons. The zero-order valence-corrected chi connectivity index (χ0v) is 38.0. The number of unbranched alkanes of at least 4 members (excludes halogenated alkanes) is 6. The van der Waals surface area contributed by atoms with Crippen molar-refractivity contribution in [1.82, 2.24) is 0 Å². The van der Waals surface area contributed by atoms with E-state index in [1.165, 1.54) is 0 Å². The number of ether oxygens (including phenoxy) is 1. The quantitative estimate of drug-likeness (QED) is 0.0274. The molecule has 3 unspecified atom stereocenters. The van der Waals surface area contributed by atoms with E-state index in [-0.39, 0.29) is 34.7 Å². The van der Waals surface area contributed by atoms with Crippen molar-refractivity contribution in [2.75, 3.05) is 23.9 Å². The van der Waals surface area contributed by atoms with Gasteiger partial charge in [-0.3, -0.25) is 0 Å². The second-order valence-electron chi connectivity index (χ2n) is 15.0. The molecule has 0 fully saturated rings. The van der Waals surface area contributed by atoms with E-state index >= 15 is 0 Å². The average molecular weight is 872 g/mol. The average Bonchev–Trinajstić information content (AvgIpc) is 3.04. The Morgan fingerprint density at radius 1 is 0.500 bits per heavy atom. The fourth-order valence-electron chi connectivity index (χ4n) is 5.63. The van der Waals surface area contributed by atoms with Crippen molar-refractivity contribution >= 4 is 81.4 Å². The van der Waals surface area contributed by atoms with E-state index in [0.717, 1.165) is 77.0 Å². The van der Waals surface area contributed by atoms with E-state index in [1.807, 2.05) is 0 Å². The van der Waals surface area contributed by atoms with Gasteiger partial charge in [0.2, 0.25) is 0 Å². The van der Waals surface area contributed by atoms with Crippen molar-refractivity contribution in [1.29, 1.82) is 0 Å². The van der Waals surface area contributed by atoms with Gasteiger partial charge in [-0.2, -0.15) is 0 Å². The van der Waals surface area contributed by atoms with Crippen molar-refractivity contribution in [3.8, 4) is 0 Å². The molecule has 0 radical (unpaired) electrons. The van der Waals surface area contributed by atoms with E-state index in [1.54, 1.807) is 6.92 Å². The first kappa shape index (κ1) is 49.7. The molecule has 0 saturated carbocycles. The molecule has 0 aliphatic heterocycles. The zero-order valence-electron chi connectivity index (χ0n) is 32.4. The van der Waals surface area contributed by atoms with Crippen LogP contribution in [0.4, 0.5) is 0 Å². The molecular formula is C38H72O8S3Sn. The van der Waals surface area contributed by atoms with E-state index in [9.17, 15) is 19.2 Å². The normalized spacial score (nSPS) is 14.7. The third kappa shape index (κ3) is 24.1. The number of esters is 1. The molecule has 0 rings (SSSR count). The monoisotopic (exact) mass is 872 g/mol. The van der Waals surface area contributed by atoms with Crippen molar-refractivity contribution in [2.24, 2.45) is 35.5 Å². The standard InChI is InChI=1S/3C11H22O2S.C5H9O2.Sn/c3*1-9(2)6-4-3-5-7-10(8-14)11(12)13;1-3-5(6)7-4-2;/h3*9-10,14H,3-8H2,1-2H3,(H,12,13);1,3-4H2,2H3;/q;;;;+3/p-3. The Bertz CT molecular complexity index is 836. The van der Waals surface area contributed by atoms with Crippen LogP contribution < -0.4 is 0 Å². The van der Waals surface area contributed by atoms with Gasteiger partial charge in [0.15, 0.2) is 0 Å². The molecule has 0 heterocycles. The second-order valence-corrected chi connectivity index (χ2v) is 23.2. The van der Waals surface area contributed by atoms with Crippen LogP contribution >= 0.6 is 37.9 Å². The number of thiol groups is 3. The number of rotatable bonds is 31. The van der Waals surface area contributed by atoms with Crippen LogP contribution in [0.3, 0.4) is 0 Å². The predicted molar refractivity (Wildman–Crippen MR) is 216 cm³/mol. The fourth-order valence-corrected chi connectivity index (χ4v) is 13.4. The first-order chi connectivity index (χ1) is 23.7. The van der Waals surface area contributed by atoms with Crippen molar-refractivity contribution in [2.45, 2.75) is 156 Å². The first-order valence-electron chi connectivity index (χ1n) is 19.4. The zero-order chi connectivity index (χ0) is 38.0. The summed E-state index contributed by atoms with van der Waals surface area (Å²) in [4.78, 5) is 54.1. The molecule has 0 aromatic carbocycles. The summed E-state index contributed by atoms with van der Waals surface area (Å²) >= 11 is 7.87. The van der Waals surface area contributed by atoms with Gasteiger partial charge in [-0.05, 0) is 0 Å². The molecule has 50 heavy (non-hydrogen) atoms. The minimum atomic E-state index is -5.51. The van der Waals surface area contributed by atoms with Gasteiger partial charge in [-0.25, -0.2) is 0 Å². The first-order valence-corrected chi connectivity index (χ1v) is 26.8. The third-order valence-corrected chi connectivity index (χ3v) is 17.0. The molecule has 0 aromatic heterocycles. The molecule has 0 N–H and O–H groups in total. The summed E-state index contributed by atoms with van der Waals surface area (Å²) < 4.78 is 23.5. The molecule has 0 saturated heterocycles. The summed E-state index contributed by atoms with van der Waals surface area (Å²) in [5.41, 5.74) is 0. The van der Waals surface area contributed by atoms with Gasteiger partial charge in [-0.1, -0.05) is 0 Å². The molecule has 0 bridgehead atoms. The minimum absolute atomic E-state index is 0.163. The summed E-state index contributed by atoms with van der Waals surface area (Å²) in [6.45, 7) is 15.0. The summed E-state index contributed by atoms with van der Waals surface area (Å²) in [7, 11) is 0. The van der Waals surface area contributed by atoms with Crippen LogP contribution in [0.1, 0.15) is 151 Å². The van der Waals surface area contributed by atoms with Gasteiger partial charge in [0, 0.05) is 0 Å². The Hall–Kier alpha value is -0.271. The van der Waals surface area contributed by atoms with Crippen LogP contribution in [-0.4, -0.2) is 67.4 Å². The summed E-state index contributed by atoms with van der Waals surface area (Å²) in [5, 5.41) is 0. The van der Waals surface area contributed by atoms with Crippen LogP contribution in [0.2, 0.25) is 4.44 Å². The SMILES string of the molecule is CCOC(=O)C[CH2][Sn]([O]C(=O)C(CS)CCCCCC(C)C)([O]C(=O)C(CS)CCCCCC(C)C)[O]C(=O)C(CS)CCCCCC(C)C. The maximum absolute atomic E-state index is 13.8. The van der Waals surface area contributed by atoms with Gasteiger partial charge in [0.05, 0.1) is 0 Å². The van der Waals surface area contributed by atoms with Crippen molar-refractivity contribution in [3.05, 3.63) is 0 Å². The molecule has 0 amide bonds. The van der Waals surface area contributed by atoms with E-state index in [2.05, 4.69) is 79.4 Å². The van der Waals surface area contributed by atoms with Crippen LogP contribution in [0.15, 0.2) is 0 Å². The molecule has 8 nitrogen and oxygen atoms in total. The van der Waals surface area contributed by atoms with Gasteiger partial charge in [0.25, 0.3) is 0 Å². The Morgan fingerprint density at radius 2 is 0.800 bits per heavy atom. The predicted octanol–water partition coefficient (Wildman–Crippen LogP) is 9.97. The summed E-state index contributed by atoms with van der Waals surface area (Å²) in [6.07, 6.45) is 13.3. The van der Waals surface area contributed by atoms with E-state index < -0.39 is 61.3 Å². The second kappa shape index (κ2) is 30.1. The Morgan fingerprint density at radius 3 is 1.06 bits per heavy atom. The number of hydrogen-bond donors (Lipinski definition) is 3. The topological polar surface area (TPSA) is 105 Å². The van der Waals surface area contributed by atoms with Crippen LogP contribution in [-0.2, 0) is 33.1 Å². The van der Waals surface area contributed by atoms with Gasteiger partial charge >= 0.3 is 330 Å². The third-order valence-electron chi connectivity index (χ3n) is 8.87. The molecule has 3 atom stereocenters. The number of hydrogen-bond acceptors (Lipinski definition) is 11. The Balaban J connectivity index is 6.31. The van der Waals surface area contributed by atoms with Crippen LogP contribution in [0.25, 0.3) is 0 Å². The molecule has 0 aromatic rings. The van der Waals surface area contributed by atoms with Gasteiger partial charge in [0.1, 0.15) is 0 Å². The van der Waals surface area contributed by atoms with Crippen molar-refractivity contribution in [3.63, 3.8) is 0 Å². The van der Waals surface area contributed by atoms with Gasteiger partial charge in [-0.15, -0.1) is 0 Å². The van der Waals surface area contributed by atoms with E-state index in [4.69, 9.17) is 14.0 Å². The molecule has 12 heteroatoms. The van der Waals surface area contributed by atoms with Crippen LogP contribution in [0.5, 0.6) is 0 Å². The molecular weight excluding hydrogens is 799 g/mol.